The molecule has 2 rings (SSSR count). The summed E-state index contributed by atoms with van der Waals surface area (Å²) in [5, 5.41) is 4.16. The van der Waals surface area contributed by atoms with Crippen molar-refractivity contribution in [2.75, 3.05) is 25.1 Å². The molecule has 114 valence electrons. The van der Waals surface area contributed by atoms with Gasteiger partial charge in [0.05, 0.1) is 12.3 Å². The number of hydrogen-bond donors (Lipinski definition) is 1. The first-order chi connectivity index (χ1) is 10.2. The highest BCUT2D eigenvalue weighted by atomic mass is 19.1. The summed E-state index contributed by atoms with van der Waals surface area (Å²) in [4.78, 5) is 14.0. The van der Waals surface area contributed by atoms with Crippen molar-refractivity contribution < 1.29 is 13.9 Å². The molecule has 0 bridgehead atoms. The van der Waals surface area contributed by atoms with Gasteiger partial charge in [0.15, 0.2) is 0 Å². The molecule has 1 heterocycles. The summed E-state index contributed by atoms with van der Waals surface area (Å²) in [7, 11) is 0. The average Bonchev–Trinajstić information content (AvgIpc) is 2.51. The molecule has 21 heavy (non-hydrogen) atoms. The number of piperidine rings is 1. The second kappa shape index (κ2) is 7.61. The van der Waals surface area contributed by atoms with Crippen molar-refractivity contribution in [2.45, 2.75) is 26.2 Å². The summed E-state index contributed by atoms with van der Waals surface area (Å²) >= 11 is 0. The second-order valence-electron chi connectivity index (χ2n) is 4.82. The molecule has 0 aromatic heterocycles. The van der Waals surface area contributed by atoms with Gasteiger partial charge < -0.3 is 9.64 Å². The molecule has 1 saturated heterocycles. The van der Waals surface area contributed by atoms with Crippen LogP contribution in [0.25, 0.3) is 0 Å². The van der Waals surface area contributed by atoms with E-state index in [0.29, 0.717) is 12.3 Å². The monoisotopic (exact) mass is 293 g/mol. The van der Waals surface area contributed by atoms with Crippen LogP contribution in [0.2, 0.25) is 0 Å². The van der Waals surface area contributed by atoms with Crippen LogP contribution in [0.1, 0.15) is 26.2 Å². The van der Waals surface area contributed by atoms with Crippen LogP contribution in [0.5, 0.6) is 0 Å². The van der Waals surface area contributed by atoms with Crippen LogP contribution in [0, 0.1) is 5.82 Å². The Morgan fingerprint density at radius 2 is 1.95 bits per heavy atom. The lowest BCUT2D eigenvalue weighted by molar-refractivity contribution is -0.136. The molecule has 6 heteroatoms. The zero-order chi connectivity index (χ0) is 15.1. The predicted octanol–water partition coefficient (Wildman–Crippen LogP) is 2.60. The lowest BCUT2D eigenvalue weighted by atomic mass is 10.1. The third kappa shape index (κ3) is 4.44. The Balaban J connectivity index is 2.11. The van der Waals surface area contributed by atoms with Gasteiger partial charge in [0.1, 0.15) is 5.82 Å². The molecule has 0 spiro atoms. The van der Waals surface area contributed by atoms with Gasteiger partial charge in [0, 0.05) is 13.1 Å². The standard InChI is InChI=1S/C15H20FN3O2/c1-2-21-15(20)14(19-10-4-3-5-11-19)18-17-13-8-6-12(16)7-9-13/h6-9,17H,2-5,10-11H2,1H3/b18-14+. The van der Waals surface area contributed by atoms with Gasteiger partial charge in [-0.2, -0.15) is 0 Å². The maximum absolute atomic E-state index is 12.9. The van der Waals surface area contributed by atoms with Gasteiger partial charge in [-0.3, -0.25) is 5.43 Å². The molecular weight excluding hydrogens is 273 g/mol. The molecule has 0 atom stereocenters. The lowest BCUT2D eigenvalue weighted by Crippen LogP contribution is -2.41. The predicted molar refractivity (Wildman–Crippen MR) is 79.5 cm³/mol. The van der Waals surface area contributed by atoms with Crippen molar-refractivity contribution in [3.8, 4) is 0 Å². The summed E-state index contributed by atoms with van der Waals surface area (Å²) in [5.74, 6) is -0.471. The summed E-state index contributed by atoms with van der Waals surface area (Å²) in [6.45, 7) is 3.66. The Bertz CT molecular complexity index is 496. The highest BCUT2D eigenvalue weighted by Gasteiger charge is 2.22. The number of halogens is 1. The number of hydrogen-bond acceptors (Lipinski definition) is 4. The largest absolute Gasteiger partial charge is 0.460 e. The van der Waals surface area contributed by atoms with Gasteiger partial charge in [0.25, 0.3) is 0 Å². The zero-order valence-electron chi connectivity index (χ0n) is 12.1. The van der Waals surface area contributed by atoms with E-state index in [0.717, 1.165) is 32.4 Å². The Kier molecular flexibility index (Phi) is 5.54. The van der Waals surface area contributed by atoms with Gasteiger partial charge in [-0.25, -0.2) is 9.18 Å². The van der Waals surface area contributed by atoms with Crippen molar-refractivity contribution in [1.82, 2.24) is 4.90 Å². The molecule has 1 aliphatic rings. The van der Waals surface area contributed by atoms with E-state index in [2.05, 4.69) is 10.5 Å². The van der Waals surface area contributed by atoms with Crippen LogP contribution in [0.3, 0.4) is 0 Å². The van der Waals surface area contributed by atoms with Gasteiger partial charge in [-0.1, -0.05) is 0 Å². The highest BCUT2D eigenvalue weighted by molar-refractivity contribution is 6.35. The van der Waals surface area contributed by atoms with E-state index >= 15 is 0 Å². The smallest absolute Gasteiger partial charge is 0.375 e. The molecule has 0 amide bonds. The molecule has 1 aromatic rings. The zero-order valence-corrected chi connectivity index (χ0v) is 12.1. The SMILES string of the molecule is CCOC(=O)/C(=N\Nc1ccc(F)cc1)N1CCCCC1. The van der Waals surface area contributed by atoms with Gasteiger partial charge in [-0.15, -0.1) is 5.10 Å². The molecule has 5 nitrogen and oxygen atoms in total. The minimum Gasteiger partial charge on any atom is -0.460 e. The minimum atomic E-state index is -0.436. The number of benzene rings is 1. The van der Waals surface area contributed by atoms with Crippen molar-refractivity contribution in [3.63, 3.8) is 0 Å². The minimum absolute atomic E-state index is 0.279. The van der Waals surface area contributed by atoms with E-state index in [1.54, 1.807) is 19.1 Å². The number of ether oxygens (including phenoxy) is 1. The first-order valence-corrected chi connectivity index (χ1v) is 7.22. The number of esters is 1. The van der Waals surface area contributed by atoms with Crippen LogP contribution >= 0.6 is 0 Å². The van der Waals surface area contributed by atoms with Crippen molar-refractivity contribution in [3.05, 3.63) is 30.1 Å². The Labute approximate surface area is 123 Å². The number of nitrogens with one attached hydrogen (secondary N) is 1. The molecule has 0 radical (unpaired) electrons. The molecule has 1 fully saturated rings. The van der Waals surface area contributed by atoms with Gasteiger partial charge in [-0.05, 0) is 50.5 Å². The van der Waals surface area contributed by atoms with Crippen molar-refractivity contribution in [1.29, 1.82) is 0 Å². The number of hydrazone groups is 1. The fourth-order valence-corrected chi connectivity index (χ4v) is 2.19. The third-order valence-electron chi connectivity index (χ3n) is 3.25. The summed E-state index contributed by atoms with van der Waals surface area (Å²) in [6.07, 6.45) is 3.24. The van der Waals surface area contributed by atoms with E-state index in [-0.39, 0.29) is 11.7 Å². The summed E-state index contributed by atoms with van der Waals surface area (Å²) < 4.78 is 17.9. The molecular formula is C15H20FN3O2. The maximum Gasteiger partial charge on any atom is 0.375 e. The molecule has 0 aliphatic carbocycles. The highest BCUT2D eigenvalue weighted by Crippen LogP contribution is 2.12. The number of anilines is 1. The number of likely N-dealkylation sites (tertiary alicyclic amines) is 1. The number of amidine groups is 1. The normalized spacial score (nSPS) is 15.7. The van der Waals surface area contributed by atoms with E-state index in [9.17, 15) is 9.18 Å². The van der Waals surface area contributed by atoms with E-state index in [1.807, 2.05) is 4.90 Å². The molecule has 1 aromatic carbocycles. The van der Waals surface area contributed by atoms with Crippen LogP contribution in [-0.2, 0) is 9.53 Å². The number of nitrogens with zero attached hydrogens (tertiary/aromatic N) is 2. The van der Waals surface area contributed by atoms with Gasteiger partial charge >= 0.3 is 5.97 Å². The van der Waals surface area contributed by atoms with Crippen molar-refractivity contribution in [2.24, 2.45) is 5.10 Å². The fraction of sp³-hybridized carbons (Fsp3) is 0.467. The first-order valence-electron chi connectivity index (χ1n) is 7.22. The second-order valence-corrected chi connectivity index (χ2v) is 4.82. The topological polar surface area (TPSA) is 53.9 Å². The lowest BCUT2D eigenvalue weighted by Gasteiger charge is -2.28. The fourth-order valence-electron chi connectivity index (χ4n) is 2.19. The van der Waals surface area contributed by atoms with Crippen LogP contribution in [0.15, 0.2) is 29.4 Å². The quantitative estimate of drug-likeness (QED) is 0.403. The molecule has 1 aliphatic heterocycles. The van der Waals surface area contributed by atoms with Crippen LogP contribution in [-0.4, -0.2) is 36.4 Å². The van der Waals surface area contributed by atoms with E-state index < -0.39 is 5.97 Å². The van der Waals surface area contributed by atoms with E-state index in [4.69, 9.17) is 4.74 Å². The van der Waals surface area contributed by atoms with Crippen LogP contribution in [0.4, 0.5) is 10.1 Å². The molecule has 1 N–H and O–H groups in total. The average molecular weight is 293 g/mol. The Morgan fingerprint density at radius 3 is 2.57 bits per heavy atom. The number of carbonyl (C=O) groups is 1. The third-order valence-corrected chi connectivity index (χ3v) is 3.25. The number of carbonyl (C=O) groups excluding carboxylic acids is 1. The number of rotatable bonds is 3. The van der Waals surface area contributed by atoms with Crippen LogP contribution < -0.4 is 5.43 Å². The van der Waals surface area contributed by atoms with Crippen molar-refractivity contribution >= 4 is 17.5 Å². The molecule has 0 saturated carbocycles. The summed E-state index contributed by atoms with van der Waals surface area (Å²) in [6, 6.07) is 5.81. The summed E-state index contributed by atoms with van der Waals surface area (Å²) in [5.41, 5.74) is 3.41. The van der Waals surface area contributed by atoms with E-state index in [1.165, 1.54) is 12.1 Å². The Morgan fingerprint density at radius 1 is 1.29 bits per heavy atom. The Hall–Kier alpha value is -2.11. The maximum atomic E-state index is 12.9. The van der Waals surface area contributed by atoms with Gasteiger partial charge in [0.2, 0.25) is 5.84 Å². The molecule has 0 unspecified atom stereocenters. The first kappa shape index (κ1) is 15.3.